The van der Waals surface area contributed by atoms with Crippen LogP contribution in [0.2, 0.25) is 0 Å². The van der Waals surface area contributed by atoms with Gasteiger partial charge in [-0.15, -0.1) is 0 Å². The number of nitrogens with zero attached hydrogens (tertiary/aromatic N) is 6. The van der Waals surface area contributed by atoms with Crippen molar-refractivity contribution in [2.24, 2.45) is 19.2 Å². The van der Waals surface area contributed by atoms with Gasteiger partial charge < -0.3 is 0 Å². The van der Waals surface area contributed by atoms with Gasteiger partial charge in [-0.1, -0.05) is 42.5 Å². The molecule has 1 aliphatic rings. The van der Waals surface area contributed by atoms with Crippen LogP contribution in [0.25, 0.3) is 11.2 Å². The van der Waals surface area contributed by atoms with Gasteiger partial charge in [0.25, 0.3) is 5.56 Å². The van der Waals surface area contributed by atoms with Gasteiger partial charge in [0.05, 0.1) is 18.8 Å². The molecule has 0 atom stereocenters. The quantitative estimate of drug-likeness (QED) is 0.655. The van der Waals surface area contributed by atoms with Crippen molar-refractivity contribution in [3.05, 3.63) is 68.9 Å². The van der Waals surface area contributed by atoms with E-state index >= 15 is 0 Å². The number of hydrazone groups is 1. The van der Waals surface area contributed by atoms with E-state index in [9.17, 15) is 9.59 Å². The van der Waals surface area contributed by atoms with Gasteiger partial charge in [-0.3, -0.25) is 18.5 Å². The highest BCUT2D eigenvalue weighted by molar-refractivity contribution is 6.02. The molecule has 138 valence electrons. The third-order valence-electron chi connectivity index (χ3n) is 4.63. The molecular weight excluding hydrogens is 344 g/mol. The van der Waals surface area contributed by atoms with Crippen LogP contribution >= 0.6 is 0 Å². The minimum atomic E-state index is -0.404. The minimum Gasteiger partial charge on any atom is -0.297 e. The molecule has 4 rings (SSSR count). The molecule has 0 amide bonds. The van der Waals surface area contributed by atoms with E-state index in [1.54, 1.807) is 12.1 Å². The number of aromatic nitrogens is 4. The van der Waals surface area contributed by atoms with Crippen LogP contribution in [0.1, 0.15) is 12.5 Å². The van der Waals surface area contributed by atoms with E-state index in [-0.39, 0.29) is 5.56 Å². The molecule has 8 heteroatoms. The van der Waals surface area contributed by atoms with Crippen molar-refractivity contribution in [2.75, 3.05) is 11.6 Å². The van der Waals surface area contributed by atoms with Crippen LogP contribution in [0.4, 0.5) is 5.95 Å². The topological polar surface area (TPSA) is 77.4 Å². The van der Waals surface area contributed by atoms with Gasteiger partial charge in [0.1, 0.15) is 0 Å². The third kappa shape index (κ3) is 2.61. The fourth-order valence-electron chi connectivity index (χ4n) is 3.29. The summed E-state index contributed by atoms with van der Waals surface area (Å²) in [5.41, 5.74) is 2.68. The summed E-state index contributed by atoms with van der Waals surface area (Å²) in [7, 11) is 3.09. The van der Waals surface area contributed by atoms with Crippen molar-refractivity contribution in [2.45, 2.75) is 13.5 Å². The Labute approximate surface area is 155 Å². The highest BCUT2D eigenvalue weighted by Gasteiger charge is 2.27. The molecule has 0 saturated heterocycles. The molecule has 0 bridgehead atoms. The second-order valence-corrected chi connectivity index (χ2v) is 6.80. The lowest BCUT2D eigenvalue weighted by Crippen LogP contribution is -2.38. The van der Waals surface area contributed by atoms with Crippen LogP contribution in [0.5, 0.6) is 0 Å². The van der Waals surface area contributed by atoms with E-state index in [2.05, 4.69) is 11.6 Å². The van der Waals surface area contributed by atoms with Gasteiger partial charge in [0.15, 0.2) is 11.2 Å². The van der Waals surface area contributed by atoms with E-state index in [0.717, 1.165) is 21.4 Å². The molecule has 1 aliphatic heterocycles. The summed E-state index contributed by atoms with van der Waals surface area (Å²) in [6.07, 6.45) is 0. The normalized spacial score (nSPS) is 13.6. The molecule has 0 spiro atoms. The smallest absolute Gasteiger partial charge is 0.297 e. The Morgan fingerprint density at radius 2 is 1.85 bits per heavy atom. The highest BCUT2D eigenvalue weighted by Crippen LogP contribution is 2.25. The summed E-state index contributed by atoms with van der Waals surface area (Å²) in [5.74, 6) is 0.533. The second-order valence-electron chi connectivity index (χ2n) is 6.80. The van der Waals surface area contributed by atoms with E-state index in [0.29, 0.717) is 30.2 Å². The average Bonchev–Trinajstić information content (AvgIpc) is 3.05. The molecule has 0 fully saturated rings. The lowest BCUT2D eigenvalue weighted by atomic mass is 10.1. The van der Waals surface area contributed by atoms with Crippen LogP contribution < -0.4 is 16.3 Å². The maximum atomic E-state index is 12.8. The summed E-state index contributed by atoms with van der Waals surface area (Å²) < 4.78 is 4.33. The molecule has 0 saturated carbocycles. The zero-order chi connectivity index (χ0) is 19.3. The molecular formula is C19H20N6O2. The Balaban J connectivity index is 2.00. The first-order chi connectivity index (χ1) is 12.9. The van der Waals surface area contributed by atoms with Gasteiger partial charge in [-0.2, -0.15) is 10.1 Å². The molecule has 0 N–H and O–H groups in total. The van der Waals surface area contributed by atoms with E-state index in [1.165, 1.54) is 11.6 Å². The zero-order valence-corrected chi connectivity index (χ0v) is 15.5. The Bertz CT molecular complexity index is 1210. The Morgan fingerprint density at radius 3 is 2.52 bits per heavy atom. The molecule has 3 aromatic rings. The maximum Gasteiger partial charge on any atom is 0.332 e. The van der Waals surface area contributed by atoms with Crippen molar-refractivity contribution in [3.63, 3.8) is 0 Å². The largest absolute Gasteiger partial charge is 0.332 e. The second kappa shape index (κ2) is 6.08. The first-order valence-electron chi connectivity index (χ1n) is 8.59. The summed E-state index contributed by atoms with van der Waals surface area (Å²) in [5, 5.41) is 6.48. The molecule has 8 nitrogen and oxygen atoms in total. The third-order valence-corrected chi connectivity index (χ3v) is 4.63. The van der Waals surface area contributed by atoms with Crippen molar-refractivity contribution >= 4 is 22.8 Å². The monoisotopic (exact) mass is 364 g/mol. The molecule has 0 unspecified atom stereocenters. The molecule has 1 aromatic carbocycles. The number of anilines is 1. The van der Waals surface area contributed by atoms with Crippen LogP contribution in [-0.4, -0.2) is 30.9 Å². The first-order valence-corrected chi connectivity index (χ1v) is 8.59. The van der Waals surface area contributed by atoms with Gasteiger partial charge in [-0.25, -0.2) is 9.80 Å². The van der Waals surface area contributed by atoms with Crippen LogP contribution in [-0.2, 0) is 20.6 Å². The van der Waals surface area contributed by atoms with Crippen LogP contribution in [0, 0.1) is 0 Å². The number of fused-ring (bicyclic) bond motifs is 3. The first kappa shape index (κ1) is 17.0. The molecule has 0 radical (unpaired) electrons. The number of imidazole rings is 1. The molecule has 27 heavy (non-hydrogen) atoms. The summed E-state index contributed by atoms with van der Waals surface area (Å²) in [6.45, 7) is 6.74. The number of hydrogen-bond donors (Lipinski definition) is 0. The fourth-order valence-corrected chi connectivity index (χ4v) is 3.29. The maximum absolute atomic E-state index is 12.8. The van der Waals surface area contributed by atoms with Crippen LogP contribution in [0.3, 0.4) is 0 Å². The Kier molecular flexibility index (Phi) is 3.83. The van der Waals surface area contributed by atoms with Crippen molar-refractivity contribution in [3.8, 4) is 0 Å². The fraction of sp³-hybridized carbons (Fsp3) is 0.263. The summed E-state index contributed by atoms with van der Waals surface area (Å²) in [4.78, 5) is 29.7. The van der Waals surface area contributed by atoms with Crippen molar-refractivity contribution in [1.29, 1.82) is 0 Å². The predicted molar refractivity (Wildman–Crippen MR) is 105 cm³/mol. The Morgan fingerprint density at radius 1 is 1.15 bits per heavy atom. The zero-order valence-electron chi connectivity index (χ0n) is 15.5. The van der Waals surface area contributed by atoms with E-state index in [4.69, 9.17) is 5.10 Å². The van der Waals surface area contributed by atoms with Crippen molar-refractivity contribution in [1.82, 2.24) is 18.7 Å². The van der Waals surface area contributed by atoms with Crippen LogP contribution in [0.15, 0.2) is 57.2 Å². The highest BCUT2D eigenvalue weighted by atomic mass is 16.2. The van der Waals surface area contributed by atoms with Gasteiger partial charge >= 0.3 is 5.69 Å². The number of rotatable bonds is 3. The van der Waals surface area contributed by atoms with Crippen molar-refractivity contribution < 1.29 is 0 Å². The molecule has 3 heterocycles. The van der Waals surface area contributed by atoms with E-state index in [1.807, 2.05) is 41.8 Å². The van der Waals surface area contributed by atoms with Gasteiger partial charge in [0.2, 0.25) is 5.95 Å². The number of hydrogen-bond acceptors (Lipinski definition) is 5. The van der Waals surface area contributed by atoms with Gasteiger partial charge in [-0.05, 0) is 12.5 Å². The van der Waals surface area contributed by atoms with Gasteiger partial charge in [0, 0.05) is 14.1 Å². The lowest BCUT2D eigenvalue weighted by molar-refractivity contribution is 0.702. The number of aryl methyl sites for hydroxylation is 1. The summed E-state index contributed by atoms with van der Waals surface area (Å²) >= 11 is 0. The minimum absolute atomic E-state index is 0.356. The molecule has 2 aromatic heterocycles. The molecule has 0 aliphatic carbocycles. The lowest BCUT2D eigenvalue weighted by Gasteiger charge is -2.26. The van der Waals surface area contributed by atoms with E-state index < -0.39 is 5.69 Å². The summed E-state index contributed by atoms with van der Waals surface area (Å²) in [6, 6.07) is 9.81. The average molecular weight is 364 g/mol. The Hall–Kier alpha value is -3.42. The SMILES string of the molecule is C=C(C)CN1N=C(c2ccccc2)Cn2c1nc1c2c(=O)n(C)c(=O)n1C. The predicted octanol–water partition coefficient (Wildman–Crippen LogP) is 1.23. The standard InChI is InChI=1S/C19H20N6O2/c1-12(2)10-25-18-20-16-15(17(26)23(4)19(27)22(16)3)24(18)11-14(21-25)13-8-6-5-7-9-13/h5-9H,1,10-11H2,2-4H3. The number of benzene rings is 1.